The van der Waals surface area contributed by atoms with Crippen molar-refractivity contribution in [2.75, 3.05) is 6.54 Å². The van der Waals surface area contributed by atoms with Crippen LogP contribution in [0.15, 0.2) is 45.0 Å². The fourth-order valence-electron chi connectivity index (χ4n) is 2.28. The Morgan fingerprint density at radius 2 is 2.00 bits per heavy atom. The van der Waals surface area contributed by atoms with Gasteiger partial charge in [-0.15, -0.1) is 0 Å². The van der Waals surface area contributed by atoms with Crippen molar-refractivity contribution in [3.63, 3.8) is 0 Å². The molecule has 112 valence electrons. The Morgan fingerprint density at radius 1 is 1.18 bits per heavy atom. The van der Waals surface area contributed by atoms with E-state index in [2.05, 4.69) is 15.0 Å². The van der Waals surface area contributed by atoms with E-state index in [0.29, 0.717) is 13.0 Å². The largest absolute Gasteiger partial charge is 0.494 e. The van der Waals surface area contributed by atoms with Crippen LogP contribution in [-0.2, 0) is 6.42 Å². The van der Waals surface area contributed by atoms with Gasteiger partial charge in [0.15, 0.2) is 0 Å². The molecule has 0 unspecified atom stereocenters. The molecule has 0 saturated carbocycles. The Kier molecular flexibility index (Phi) is 3.61. The summed E-state index contributed by atoms with van der Waals surface area (Å²) in [6.07, 6.45) is 3.89. The van der Waals surface area contributed by atoms with E-state index < -0.39 is 17.1 Å². The molecule has 2 heterocycles. The first-order valence-electron chi connectivity index (χ1n) is 6.75. The molecule has 22 heavy (non-hydrogen) atoms. The molecule has 0 saturated heterocycles. The van der Waals surface area contributed by atoms with Gasteiger partial charge < -0.3 is 10.1 Å². The molecule has 7 heteroatoms. The topological polar surface area (TPSA) is 114 Å². The van der Waals surface area contributed by atoms with Gasteiger partial charge in [0.2, 0.25) is 5.88 Å². The molecule has 0 spiro atoms. The lowest BCUT2D eigenvalue weighted by molar-refractivity contribution is 0.447. The molecule has 2 aromatic heterocycles. The first-order chi connectivity index (χ1) is 10.6. The Hall–Kier alpha value is -3.09. The van der Waals surface area contributed by atoms with Crippen LogP contribution in [0.5, 0.6) is 5.88 Å². The van der Waals surface area contributed by atoms with Crippen LogP contribution in [0, 0.1) is 0 Å². The van der Waals surface area contributed by atoms with Gasteiger partial charge in [0, 0.05) is 29.9 Å². The summed E-state index contributed by atoms with van der Waals surface area (Å²) in [5.41, 5.74) is 0.720. The maximum absolute atomic E-state index is 11.5. The summed E-state index contributed by atoms with van der Waals surface area (Å²) < 4.78 is 0. The van der Waals surface area contributed by atoms with Gasteiger partial charge in [0.05, 0.1) is 0 Å². The first kappa shape index (κ1) is 13.9. The summed E-state index contributed by atoms with van der Waals surface area (Å²) in [5.74, 6) is -0.482. The Morgan fingerprint density at radius 3 is 2.82 bits per heavy atom. The van der Waals surface area contributed by atoms with E-state index in [4.69, 9.17) is 0 Å². The minimum Gasteiger partial charge on any atom is -0.494 e. The summed E-state index contributed by atoms with van der Waals surface area (Å²) in [6.45, 7) is 0.458. The second-order valence-corrected chi connectivity index (χ2v) is 4.82. The number of para-hydroxylation sites is 1. The third-order valence-electron chi connectivity index (χ3n) is 3.36. The van der Waals surface area contributed by atoms with Crippen LogP contribution in [-0.4, -0.2) is 32.8 Å². The number of fused-ring (bicyclic) bond motifs is 1. The normalized spacial score (nSPS) is 11.5. The first-order valence-corrected chi connectivity index (χ1v) is 6.75. The van der Waals surface area contributed by atoms with Gasteiger partial charge >= 0.3 is 5.69 Å². The zero-order valence-electron chi connectivity index (χ0n) is 11.6. The Labute approximate surface area is 124 Å². The average Bonchev–Trinajstić information content (AvgIpc) is 2.89. The van der Waals surface area contributed by atoms with E-state index in [1.807, 2.05) is 35.4 Å². The molecule has 0 aliphatic carbocycles. The number of hydrogen-bond acceptors (Lipinski definition) is 4. The van der Waals surface area contributed by atoms with E-state index in [0.717, 1.165) is 16.5 Å². The quantitative estimate of drug-likeness (QED) is 0.537. The summed E-state index contributed by atoms with van der Waals surface area (Å²) in [4.78, 5) is 33.9. The smallest absolute Gasteiger partial charge is 0.328 e. The van der Waals surface area contributed by atoms with E-state index in [-0.39, 0.29) is 5.56 Å². The Balaban J connectivity index is 1.73. The number of hydrogen-bond donors (Lipinski definition) is 4. The highest BCUT2D eigenvalue weighted by Crippen LogP contribution is 2.17. The van der Waals surface area contributed by atoms with E-state index in [9.17, 15) is 14.7 Å². The number of nitrogens with one attached hydrogen (secondary N) is 3. The minimum atomic E-state index is -0.751. The van der Waals surface area contributed by atoms with Crippen LogP contribution in [0.3, 0.4) is 0 Å². The SMILES string of the molecule is O=c1[nH]c(O)c(C=NCCc2c[nH]c3ccccc23)c(=O)[nH]1. The lowest BCUT2D eigenvalue weighted by atomic mass is 10.1. The van der Waals surface area contributed by atoms with Crippen molar-refractivity contribution in [1.82, 2.24) is 15.0 Å². The van der Waals surface area contributed by atoms with Gasteiger partial charge in [-0.2, -0.15) is 0 Å². The van der Waals surface area contributed by atoms with Crippen molar-refractivity contribution in [2.45, 2.75) is 6.42 Å². The van der Waals surface area contributed by atoms with Gasteiger partial charge in [-0.3, -0.25) is 19.8 Å². The second-order valence-electron chi connectivity index (χ2n) is 4.82. The number of aromatic amines is 3. The molecule has 3 rings (SSSR count). The summed E-state index contributed by atoms with van der Waals surface area (Å²) in [5, 5.41) is 10.7. The number of H-pyrrole nitrogens is 3. The van der Waals surface area contributed by atoms with Gasteiger partial charge in [0.1, 0.15) is 5.56 Å². The predicted molar refractivity (Wildman–Crippen MR) is 83.8 cm³/mol. The summed E-state index contributed by atoms with van der Waals surface area (Å²) in [7, 11) is 0. The number of aromatic hydroxyl groups is 1. The number of aromatic nitrogens is 3. The molecule has 0 fully saturated rings. The maximum atomic E-state index is 11.5. The molecule has 0 radical (unpaired) electrons. The van der Waals surface area contributed by atoms with Crippen molar-refractivity contribution in [3.8, 4) is 5.88 Å². The molecule has 0 amide bonds. The van der Waals surface area contributed by atoms with Crippen LogP contribution in [0.1, 0.15) is 11.1 Å². The van der Waals surface area contributed by atoms with Crippen LogP contribution >= 0.6 is 0 Å². The fourth-order valence-corrected chi connectivity index (χ4v) is 2.28. The average molecular weight is 298 g/mol. The highest BCUT2D eigenvalue weighted by Gasteiger charge is 2.05. The van der Waals surface area contributed by atoms with Gasteiger partial charge in [-0.05, 0) is 18.1 Å². The van der Waals surface area contributed by atoms with E-state index in [1.165, 1.54) is 6.21 Å². The Bertz CT molecular complexity index is 949. The van der Waals surface area contributed by atoms with Gasteiger partial charge in [-0.1, -0.05) is 18.2 Å². The number of nitrogens with zero attached hydrogens (tertiary/aromatic N) is 1. The van der Waals surface area contributed by atoms with Crippen LogP contribution < -0.4 is 11.2 Å². The van der Waals surface area contributed by atoms with Crippen molar-refractivity contribution < 1.29 is 5.11 Å². The highest BCUT2D eigenvalue weighted by atomic mass is 16.3. The molecule has 0 aliphatic rings. The zero-order valence-corrected chi connectivity index (χ0v) is 11.6. The van der Waals surface area contributed by atoms with Gasteiger partial charge in [0.25, 0.3) is 5.56 Å². The molecule has 3 aromatic rings. The third-order valence-corrected chi connectivity index (χ3v) is 3.36. The molecule has 7 nitrogen and oxygen atoms in total. The lowest BCUT2D eigenvalue weighted by Gasteiger charge is -1.97. The van der Waals surface area contributed by atoms with Gasteiger partial charge in [-0.25, -0.2) is 4.79 Å². The van der Waals surface area contributed by atoms with Crippen molar-refractivity contribution in [2.24, 2.45) is 4.99 Å². The highest BCUT2D eigenvalue weighted by molar-refractivity contribution is 5.83. The molecule has 0 bridgehead atoms. The zero-order chi connectivity index (χ0) is 15.5. The molecular formula is C15H14N4O3. The predicted octanol–water partition coefficient (Wildman–Crippen LogP) is 0.912. The molecule has 0 aliphatic heterocycles. The second kappa shape index (κ2) is 5.72. The molecule has 0 atom stereocenters. The van der Waals surface area contributed by atoms with Crippen molar-refractivity contribution >= 4 is 17.1 Å². The number of aliphatic imine (C=N–C) groups is 1. The number of rotatable bonds is 4. The summed E-state index contributed by atoms with van der Waals surface area (Å²) in [6, 6.07) is 7.97. The van der Waals surface area contributed by atoms with Crippen LogP contribution in [0.2, 0.25) is 0 Å². The van der Waals surface area contributed by atoms with Crippen molar-refractivity contribution in [1.29, 1.82) is 0 Å². The summed E-state index contributed by atoms with van der Waals surface area (Å²) >= 11 is 0. The fraction of sp³-hybridized carbons (Fsp3) is 0.133. The molecule has 1 aromatic carbocycles. The maximum Gasteiger partial charge on any atom is 0.328 e. The minimum absolute atomic E-state index is 0.0569. The van der Waals surface area contributed by atoms with Crippen LogP contribution in [0.4, 0.5) is 0 Å². The third kappa shape index (κ3) is 2.69. The lowest BCUT2D eigenvalue weighted by Crippen LogP contribution is -2.24. The monoisotopic (exact) mass is 298 g/mol. The molecule has 4 N–H and O–H groups in total. The standard InChI is InChI=1S/C15H14N4O3/c20-13-11(14(21)19-15(22)18-13)8-16-6-5-9-7-17-12-4-2-1-3-10(9)12/h1-4,7-8,17H,5-6H2,(H3,18,19,20,21,22). The molecular weight excluding hydrogens is 284 g/mol. The van der Waals surface area contributed by atoms with E-state index >= 15 is 0 Å². The van der Waals surface area contributed by atoms with Crippen LogP contribution in [0.25, 0.3) is 10.9 Å². The van der Waals surface area contributed by atoms with E-state index in [1.54, 1.807) is 0 Å². The number of benzene rings is 1. The van der Waals surface area contributed by atoms with Crippen molar-refractivity contribution in [3.05, 3.63) is 62.4 Å².